The average Bonchev–Trinajstić information content (AvgIpc) is 2.81. The Hall–Kier alpha value is -3.88. The fraction of sp³-hybridized carbons (Fsp3) is 0.304. The molecule has 1 aliphatic heterocycles. The van der Waals surface area contributed by atoms with Crippen LogP contribution in [0.25, 0.3) is 0 Å². The van der Waals surface area contributed by atoms with E-state index in [2.05, 4.69) is 15.0 Å². The van der Waals surface area contributed by atoms with Crippen LogP contribution >= 0.6 is 0 Å². The van der Waals surface area contributed by atoms with Crippen LogP contribution in [0.3, 0.4) is 0 Å². The van der Waals surface area contributed by atoms with Gasteiger partial charge in [0.1, 0.15) is 23.1 Å². The first-order valence-corrected chi connectivity index (χ1v) is 10.3. The Morgan fingerprint density at radius 2 is 2.06 bits per heavy atom. The number of hydrogen-bond donors (Lipinski definition) is 0. The van der Waals surface area contributed by atoms with Crippen molar-refractivity contribution in [3.63, 3.8) is 0 Å². The van der Waals surface area contributed by atoms with Gasteiger partial charge in [0.05, 0.1) is 26.4 Å². The van der Waals surface area contributed by atoms with Gasteiger partial charge in [-0.2, -0.15) is 0 Å². The number of ether oxygens (including phenoxy) is 1. The van der Waals surface area contributed by atoms with E-state index >= 15 is 0 Å². The van der Waals surface area contributed by atoms with Crippen LogP contribution in [-0.4, -0.2) is 50.8 Å². The molecule has 0 N–H and O–H groups in total. The molecule has 9 heteroatoms. The molecule has 0 bridgehead atoms. The highest BCUT2D eigenvalue weighted by Crippen LogP contribution is 2.30. The maximum Gasteiger partial charge on any atom is 0.274 e. The van der Waals surface area contributed by atoms with E-state index in [-0.39, 0.29) is 24.1 Å². The summed E-state index contributed by atoms with van der Waals surface area (Å²) in [6, 6.07) is 7.62. The molecule has 2 aromatic heterocycles. The molecule has 0 spiro atoms. The van der Waals surface area contributed by atoms with Crippen molar-refractivity contribution in [2.24, 2.45) is 0 Å². The molecule has 0 atom stereocenters. The maximum absolute atomic E-state index is 12.8. The molecule has 0 fully saturated rings. The van der Waals surface area contributed by atoms with E-state index in [4.69, 9.17) is 9.72 Å². The molecule has 4 rings (SSSR count). The lowest BCUT2D eigenvalue weighted by Gasteiger charge is -2.30. The summed E-state index contributed by atoms with van der Waals surface area (Å²) in [7, 11) is 3.27. The molecule has 0 aliphatic carbocycles. The van der Waals surface area contributed by atoms with Crippen LogP contribution < -0.4 is 9.64 Å². The third-order valence-electron chi connectivity index (χ3n) is 5.37. The van der Waals surface area contributed by atoms with Crippen LogP contribution in [0, 0.1) is 6.92 Å². The number of benzene rings is 1. The van der Waals surface area contributed by atoms with Crippen LogP contribution in [0.15, 0.2) is 42.9 Å². The van der Waals surface area contributed by atoms with Crippen LogP contribution in [0.5, 0.6) is 5.75 Å². The summed E-state index contributed by atoms with van der Waals surface area (Å²) in [4.78, 5) is 45.9. The average molecular weight is 432 g/mol. The number of nitrogens with zero attached hydrogens (tertiary/aromatic N) is 6. The minimum absolute atomic E-state index is 0.00774. The van der Waals surface area contributed by atoms with Gasteiger partial charge in [-0.25, -0.2) is 15.0 Å². The fourth-order valence-corrected chi connectivity index (χ4v) is 3.71. The lowest BCUT2D eigenvalue weighted by molar-refractivity contribution is -0.119. The van der Waals surface area contributed by atoms with Gasteiger partial charge in [0.15, 0.2) is 0 Å². The van der Waals surface area contributed by atoms with Gasteiger partial charge in [0, 0.05) is 37.1 Å². The number of amides is 2. The van der Waals surface area contributed by atoms with Crippen molar-refractivity contribution in [2.45, 2.75) is 32.9 Å². The van der Waals surface area contributed by atoms with Gasteiger partial charge in [-0.3, -0.25) is 19.5 Å². The maximum atomic E-state index is 12.8. The smallest absolute Gasteiger partial charge is 0.274 e. The third-order valence-corrected chi connectivity index (χ3v) is 5.37. The number of aromatic nitrogens is 4. The standard InChI is InChI=1S/C23H24N6O3/c1-15-18-7-8-21(30)29(13-16-5-4-6-17(11-16)32-3)22(18)27-20(26-15)14-28(2)23(31)19-12-24-9-10-25-19/h4-6,9-12H,7-8,13-14H2,1-3H3. The minimum Gasteiger partial charge on any atom is -0.497 e. The lowest BCUT2D eigenvalue weighted by atomic mass is 10.0. The van der Waals surface area contributed by atoms with Gasteiger partial charge in [-0.15, -0.1) is 0 Å². The summed E-state index contributed by atoms with van der Waals surface area (Å²) >= 11 is 0. The molecule has 164 valence electrons. The van der Waals surface area contributed by atoms with Crippen molar-refractivity contribution in [3.05, 3.63) is 71.2 Å². The zero-order chi connectivity index (χ0) is 22.7. The van der Waals surface area contributed by atoms with Gasteiger partial charge < -0.3 is 9.64 Å². The number of hydrogen-bond acceptors (Lipinski definition) is 7. The van der Waals surface area contributed by atoms with E-state index in [0.29, 0.717) is 31.0 Å². The van der Waals surface area contributed by atoms with Crippen molar-refractivity contribution in [1.82, 2.24) is 24.8 Å². The van der Waals surface area contributed by atoms with Gasteiger partial charge >= 0.3 is 0 Å². The van der Waals surface area contributed by atoms with Crippen LogP contribution in [0.1, 0.15) is 39.6 Å². The third kappa shape index (κ3) is 4.41. The molecule has 0 saturated carbocycles. The highest BCUT2D eigenvalue weighted by Gasteiger charge is 2.28. The predicted octanol–water partition coefficient (Wildman–Crippen LogP) is 2.34. The van der Waals surface area contributed by atoms with E-state index in [1.807, 2.05) is 31.2 Å². The van der Waals surface area contributed by atoms with Crippen molar-refractivity contribution in [2.75, 3.05) is 19.1 Å². The first-order chi connectivity index (χ1) is 15.5. The summed E-state index contributed by atoms with van der Waals surface area (Å²) in [6.45, 7) is 2.48. The first-order valence-electron chi connectivity index (χ1n) is 10.3. The number of fused-ring (bicyclic) bond motifs is 1. The normalized spacial score (nSPS) is 13.0. The summed E-state index contributed by atoms with van der Waals surface area (Å²) in [5, 5.41) is 0. The van der Waals surface area contributed by atoms with E-state index in [0.717, 1.165) is 22.6 Å². The van der Waals surface area contributed by atoms with Crippen molar-refractivity contribution >= 4 is 17.6 Å². The molecule has 0 unspecified atom stereocenters. The second-order valence-electron chi connectivity index (χ2n) is 7.61. The van der Waals surface area contributed by atoms with Crippen LogP contribution in [-0.2, 0) is 24.3 Å². The molecule has 0 saturated heterocycles. The molecule has 9 nitrogen and oxygen atoms in total. The SMILES string of the molecule is COc1cccc(CN2C(=O)CCc3c(C)nc(CN(C)C(=O)c4cnccn4)nc32)c1. The molecule has 3 heterocycles. The molecule has 1 aromatic carbocycles. The zero-order valence-corrected chi connectivity index (χ0v) is 18.3. The quantitative estimate of drug-likeness (QED) is 0.589. The molecule has 0 radical (unpaired) electrons. The number of methoxy groups -OCH3 is 1. The molecule has 2 amide bonds. The molecule has 1 aliphatic rings. The number of rotatable bonds is 6. The predicted molar refractivity (Wildman–Crippen MR) is 117 cm³/mol. The van der Waals surface area contributed by atoms with E-state index in [9.17, 15) is 9.59 Å². The Kier molecular flexibility index (Phi) is 6.07. The topological polar surface area (TPSA) is 101 Å². The number of anilines is 1. The summed E-state index contributed by atoms with van der Waals surface area (Å²) in [5.41, 5.74) is 2.96. The second kappa shape index (κ2) is 9.09. The Morgan fingerprint density at radius 3 is 2.81 bits per heavy atom. The van der Waals surface area contributed by atoms with Crippen LogP contribution in [0.2, 0.25) is 0 Å². The van der Waals surface area contributed by atoms with Crippen LogP contribution in [0.4, 0.5) is 5.82 Å². The van der Waals surface area contributed by atoms with Gasteiger partial charge in [0.25, 0.3) is 5.91 Å². The fourth-order valence-electron chi connectivity index (χ4n) is 3.71. The Morgan fingerprint density at radius 1 is 1.22 bits per heavy atom. The summed E-state index contributed by atoms with van der Waals surface area (Å²) in [5.74, 6) is 1.53. The Bertz CT molecular complexity index is 1150. The monoisotopic (exact) mass is 432 g/mol. The molecular weight excluding hydrogens is 408 g/mol. The minimum atomic E-state index is -0.276. The van der Waals surface area contributed by atoms with Gasteiger partial charge in [0.2, 0.25) is 5.91 Å². The van der Waals surface area contributed by atoms with E-state index in [1.54, 1.807) is 19.1 Å². The molecular formula is C23H24N6O3. The number of aryl methyl sites for hydroxylation is 1. The summed E-state index contributed by atoms with van der Waals surface area (Å²) in [6.07, 6.45) is 5.42. The zero-order valence-electron chi connectivity index (χ0n) is 18.3. The van der Waals surface area contributed by atoms with E-state index < -0.39 is 0 Å². The second-order valence-corrected chi connectivity index (χ2v) is 7.61. The largest absolute Gasteiger partial charge is 0.497 e. The number of carbonyl (C=O) groups is 2. The van der Waals surface area contributed by atoms with E-state index in [1.165, 1.54) is 23.5 Å². The number of carbonyl (C=O) groups excluding carboxylic acids is 2. The van der Waals surface area contributed by atoms with Gasteiger partial charge in [-0.05, 0) is 31.0 Å². The van der Waals surface area contributed by atoms with Crippen molar-refractivity contribution in [3.8, 4) is 5.75 Å². The highest BCUT2D eigenvalue weighted by molar-refractivity contribution is 5.95. The Balaban J connectivity index is 1.61. The Labute approximate surface area is 186 Å². The lowest BCUT2D eigenvalue weighted by Crippen LogP contribution is -2.37. The van der Waals surface area contributed by atoms with Gasteiger partial charge in [-0.1, -0.05) is 12.1 Å². The van der Waals surface area contributed by atoms with Crippen molar-refractivity contribution in [1.29, 1.82) is 0 Å². The van der Waals surface area contributed by atoms with Crippen molar-refractivity contribution < 1.29 is 14.3 Å². The molecule has 32 heavy (non-hydrogen) atoms. The summed E-state index contributed by atoms with van der Waals surface area (Å²) < 4.78 is 5.31. The first kappa shape index (κ1) is 21.4. The highest BCUT2D eigenvalue weighted by atomic mass is 16.5. The molecule has 3 aromatic rings.